The van der Waals surface area contributed by atoms with E-state index in [4.69, 9.17) is 0 Å². The zero-order valence-corrected chi connectivity index (χ0v) is 11.0. The number of nitrogens with one attached hydrogen (secondary N) is 1. The Balaban J connectivity index is 2.79. The van der Waals surface area contributed by atoms with Crippen molar-refractivity contribution in [2.45, 2.75) is 20.4 Å². The Morgan fingerprint density at radius 3 is 2.73 bits per heavy atom. The lowest BCUT2D eigenvalue weighted by atomic mass is 10.2. The van der Waals surface area contributed by atoms with E-state index in [1.807, 2.05) is 6.92 Å². The molecule has 1 heterocycles. The van der Waals surface area contributed by atoms with E-state index in [-0.39, 0.29) is 12.3 Å². The van der Waals surface area contributed by atoms with Crippen molar-refractivity contribution in [1.29, 1.82) is 0 Å². The van der Waals surface area contributed by atoms with Gasteiger partial charge in [-0.05, 0) is 40.9 Å². The minimum atomic E-state index is -3.14. The fraction of sp³-hybridized carbons (Fsp3) is 0.444. The first-order valence-corrected chi connectivity index (χ1v) is 6.97. The fourth-order valence-electron chi connectivity index (χ4n) is 1.01. The first-order chi connectivity index (χ1) is 6.96. The molecular formula is C9H13BrN2O2S. The van der Waals surface area contributed by atoms with Gasteiger partial charge >= 0.3 is 0 Å². The van der Waals surface area contributed by atoms with Gasteiger partial charge in [-0.2, -0.15) is 0 Å². The van der Waals surface area contributed by atoms with E-state index in [9.17, 15) is 8.42 Å². The van der Waals surface area contributed by atoms with Crippen LogP contribution in [0, 0.1) is 6.92 Å². The van der Waals surface area contributed by atoms with Gasteiger partial charge in [-0.3, -0.25) is 4.98 Å². The molecule has 0 aliphatic heterocycles. The largest absolute Gasteiger partial charge is 0.263 e. The first-order valence-electron chi connectivity index (χ1n) is 4.52. The summed E-state index contributed by atoms with van der Waals surface area (Å²) in [5.41, 5.74) is 1.88. The smallest absolute Gasteiger partial charge is 0.211 e. The molecule has 84 valence electrons. The molecule has 0 amide bonds. The summed E-state index contributed by atoms with van der Waals surface area (Å²) in [4.78, 5) is 3.99. The quantitative estimate of drug-likeness (QED) is 0.917. The van der Waals surface area contributed by atoms with Crippen molar-refractivity contribution in [3.8, 4) is 0 Å². The molecule has 4 nitrogen and oxygen atoms in total. The van der Waals surface area contributed by atoms with Crippen molar-refractivity contribution in [1.82, 2.24) is 9.71 Å². The summed E-state index contributed by atoms with van der Waals surface area (Å²) in [6.45, 7) is 3.81. The van der Waals surface area contributed by atoms with E-state index >= 15 is 0 Å². The average molecular weight is 293 g/mol. The second kappa shape index (κ2) is 5.05. The van der Waals surface area contributed by atoms with Crippen molar-refractivity contribution in [3.63, 3.8) is 0 Å². The molecular weight excluding hydrogens is 280 g/mol. The van der Waals surface area contributed by atoms with Crippen molar-refractivity contribution in [2.24, 2.45) is 0 Å². The molecule has 1 aromatic heterocycles. The molecule has 0 saturated heterocycles. The van der Waals surface area contributed by atoms with Gasteiger partial charge in [0.2, 0.25) is 10.0 Å². The molecule has 0 aromatic carbocycles. The molecule has 0 aliphatic carbocycles. The van der Waals surface area contributed by atoms with Crippen LogP contribution in [0.5, 0.6) is 0 Å². The molecule has 1 aromatic rings. The van der Waals surface area contributed by atoms with Gasteiger partial charge < -0.3 is 0 Å². The van der Waals surface area contributed by atoms with Gasteiger partial charge in [0.25, 0.3) is 0 Å². The van der Waals surface area contributed by atoms with Crippen molar-refractivity contribution >= 4 is 26.0 Å². The maximum Gasteiger partial charge on any atom is 0.211 e. The van der Waals surface area contributed by atoms with Crippen LogP contribution < -0.4 is 4.72 Å². The summed E-state index contributed by atoms with van der Waals surface area (Å²) in [5.74, 6) is 0.0908. The standard InChI is InChI=1S/C9H13BrN2O2S/c1-3-15(13,14)12-5-8-4-11-6-9(10)7(8)2/h4,6,12H,3,5H2,1-2H3. The van der Waals surface area contributed by atoms with Gasteiger partial charge in [-0.15, -0.1) is 0 Å². The van der Waals surface area contributed by atoms with Gasteiger partial charge in [-0.1, -0.05) is 0 Å². The number of rotatable bonds is 4. The van der Waals surface area contributed by atoms with Crippen molar-refractivity contribution < 1.29 is 8.42 Å². The third kappa shape index (κ3) is 3.55. The third-order valence-electron chi connectivity index (χ3n) is 2.12. The number of halogens is 1. The highest BCUT2D eigenvalue weighted by Gasteiger charge is 2.08. The Bertz CT molecular complexity index is 445. The molecule has 1 rings (SSSR count). The second-order valence-electron chi connectivity index (χ2n) is 3.13. The predicted octanol–water partition coefficient (Wildman–Crippen LogP) is 1.59. The summed E-state index contributed by atoms with van der Waals surface area (Å²) < 4.78 is 25.8. The normalized spacial score (nSPS) is 11.7. The summed E-state index contributed by atoms with van der Waals surface area (Å²) in [7, 11) is -3.14. The number of hydrogen-bond donors (Lipinski definition) is 1. The van der Waals surface area contributed by atoms with Crippen LogP contribution in [-0.2, 0) is 16.6 Å². The maximum atomic E-state index is 11.2. The minimum Gasteiger partial charge on any atom is -0.263 e. The van der Waals surface area contributed by atoms with E-state index in [1.165, 1.54) is 0 Å². The number of hydrogen-bond acceptors (Lipinski definition) is 3. The van der Waals surface area contributed by atoms with E-state index in [2.05, 4.69) is 25.6 Å². The number of aromatic nitrogens is 1. The maximum absolute atomic E-state index is 11.2. The van der Waals surface area contributed by atoms with Crippen LogP contribution in [0.15, 0.2) is 16.9 Å². The lowest BCUT2D eigenvalue weighted by molar-refractivity contribution is 0.582. The van der Waals surface area contributed by atoms with Crippen LogP contribution in [-0.4, -0.2) is 19.2 Å². The van der Waals surface area contributed by atoms with Gasteiger partial charge in [0.1, 0.15) is 0 Å². The second-order valence-corrected chi connectivity index (χ2v) is 6.08. The molecule has 0 radical (unpaired) electrons. The first kappa shape index (κ1) is 12.6. The molecule has 1 N–H and O–H groups in total. The fourth-order valence-corrected chi connectivity index (χ4v) is 1.96. The highest BCUT2D eigenvalue weighted by atomic mass is 79.9. The van der Waals surface area contributed by atoms with Crippen LogP contribution >= 0.6 is 15.9 Å². The van der Waals surface area contributed by atoms with Gasteiger partial charge in [-0.25, -0.2) is 13.1 Å². The lowest BCUT2D eigenvalue weighted by Crippen LogP contribution is -2.25. The third-order valence-corrected chi connectivity index (χ3v) is 4.26. The van der Waals surface area contributed by atoms with Gasteiger partial charge in [0.05, 0.1) is 5.75 Å². The van der Waals surface area contributed by atoms with Crippen LogP contribution in [0.25, 0.3) is 0 Å². The summed E-state index contributed by atoms with van der Waals surface area (Å²) in [6, 6.07) is 0. The van der Waals surface area contributed by atoms with Crippen molar-refractivity contribution in [2.75, 3.05) is 5.75 Å². The molecule has 0 unspecified atom stereocenters. The zero-order chi connectivity index (χ0) is 11.5. The topological polar surface area (TPSA) is 59.1 Å². The Morgan fingerprint density at radius 1 is 1.47 bits per heavy atom. The molecule has 0 aliphatic rings. The SMILES string of the molecule is CCS(=O)(=O)NCc1cncc(Br)c1C. The van der Waals surface area contributed by atoms with Crippen LogP contribution in [0.2, 0.25) is 0 Å². The molecule has 6 heteroatoms. The van der Waals surface area contributed by atoms with Crippen LogP contribution in [0.4, 0.5) is 0 Å². The van der Waals surface area contributed by atoms with E-state index < -0.39 is 10.0 Å². The lowest BCUT2D eigenvalue weighted by Gasteiger charge is -2.07. The minimum absolute atomic E-state index is 0.0908. The Hall–Kier alpha value is -0.460. The van der Waals surface area contributed by atoms with E-state index in [0.717, 1.165) is 15.6 Å². The predicted molar refractivity (Wildman–Crippen MR) is 63.0 cm³/mol. The highest BCUT2D eigenvalue weighted by molar-refractivity contribution is 9.10. The Kier molecular flexibility index (Phi) is 4.24. The zero-order valence-electron chi connectivity index (χ0n) is 8.62. The summed E-state index contributed by atoms with van der Waals surface area (Å²) in [6.07, 6.45) is 3.35. The molecule has 0 bridgehead atoms. The Labute approximate surface area is 98.3 Å². The molecule has 0 atom stereocenters. The van der Waals surface area contributed by atoms with Gasteiger partial charge in [0.15, 0.2) is 0 Å². The van der Waals surface area contributed by atoms with Crippen LogP contribution in [0.3, 0.4) is 0 Å². The molecule has 0 spiro atoms. The molecule has 0 fully saturated rings. The Morgan fingerprint density at radius 2 is 2.13 bits per heavy atom. The highest BCUT2D eigenvalue weighted by Crippen LogP contribution is 2.17. The summed E-state index contributed by atoms with van der Waals surface area (Å²) in [5, 5.41) is 0. The van der Waals surface area contributed by atoms with Gasteiger partial charge in [0, 0.05) is 23.4 Å². The number of sulfonamides is 1. The molecule has 0 saturated carbocycles. The average Bonchev–Trinajstić information content (AvgIpc) is 2.20. The molecule has 15 heavy (non-hydrogen) atoms. The summed E-state index contributed by atoms with van der Waals surface area (Å²) >= 11 is 3.34. The number of nitrogens with zero attached hydrogens (tertiary/aromatic N) is 1. The van der Waals surface area contributed by atoms with E-state index in [1.54, 1.807) is 19.3 Å². The monoisotopic (exact) mass is 292 g/mol. The van der Waals surface area contributed by atoms with Crippen molar-refractivity contribution in [3.05, 3.63) is 28.0 Å². The van der Waals surface area contributed by atoms with E-state index in [0.29, 0.717) is 0 Å². The number of pyridine rings is 1. The van der Waals surface area contributed by atoms with Crippen LogP contribution in [0.1, 0.15) is 18.1 Å².